The molecule has 2 aromatic heterocycles. The Balaban J connectivity index is 1.73. The van der Waals surface area contributed by atoms with Crippen molar-refractivity contribution in [2.24, 2.45) is 0 Å². The van der Waals surface area contributed by atoms with Gasteiger partial charge in [0.05, 0.1) is 12.7 Å². The van der Waals surface area contributed by atoms with E-state index in [1.165, 1.54) is 11.6 Å². The fraction of sp³-hybridized carbons (Fsp3) is 0.273. The summed E-state index contributed by atoms with van der Waals surface area (Å²) in [5.74, 6) is 0. The number of rotatable bonds is 6. The first-order chi connectivity index (χ1) is 15.4. The van der Waals surface area contributed by atoms with Crippen LogP contribution in [-0.2, 0) is 22.0 Å². The highest BCUT2D eigenvalue weighted by atomic mass is 32.2. The van der Waals surface area contributed by atoms with E-state index < -0.39 is 33.7 Å². The number of aliphatic hydroxyl groups is 1. The zero-order valence-corrected chi connectivity index (χ0v) is 19.3. The molecule has 0 bridgehead atoms. The Morgan fingerprint density at radius 1 is 1.12 bits per heavy atom. The van der Waals surface area contributed by atoms with Gasteiger partial charge in [0, 0.05) is 21.9 Å². The zero-order valence-electron chi connectivity index (χ0n) is 17.7. The maximum atomic E-state index is 13.3. The average molecular weight is 496 g/mol. The molecule has 1 unspecified atom stereocenters. The summed E-state index contributed by atoms with van der Waals surface area (Å²) in [5.41, 5.74) is -1.53. The van der Waals surface area contributed by atoms with Gasteiger partial charge in [-0.2, -0.15) is 13.2 Å². The van der Waals surface area contributed by atoms with Gasteiger partial charge in [-0.1, -0.05) is 54.6 Å². The Hall–Kier alpha value is -2.76. The third kappa shape index (κ3) is 4.28. The summed E-state index contributed by atoms with van der Waals surface area (Å²) in [6.45, 7) is 1.33. The first-order valence-corrected chi connectivity index (χ1v) is 12.7. The molecule has 1 N–H and O–H groups in total. The van der Waals surface area contributed by atoms with Gasteiger partial charge in [0.1, 0.15) is 9.90 Å². The smallest absolute Gasteiger partial charge is 0.375 e. The van der Waals surface area contributed by atoms with E-state index in [1.54, 1.807) is 18.2 Å². The van der Waals surface area contributed by atoms with E-state index in [0.717, 1.165) is 39.4 Å². The van der Waals surface area contributed by atoms with Crippen LogP contribution in [0.2, 0.25) is 0 Å². The number of alkyl halides is 3. The van der Waals surface area contributed by atoms with Crippen molar-refractivity contribution < 1.29 is 26.7 Å². The summed E-state index contributed by atoms with van der Waals surface area (Å²) in [4.78, 5) is 0. The minimum Gasteiger partial charge on any atom is -0.375 e. The number of benzene rings is 2. The van der Waals surface area contributed by atoms with Crippen LogP contribution in [0.15, 0.2) is 58.9 Å². The Morgan fingerprint density at radius 3 is 2.42 bits per heavy atom. The van der Waals surface area contributed by atoms with Gasteiger partial charge in [-0.25, -0.2) is 13.1 Å². The molecule has 0 amide bonds. The van der Waals surface area contributed by atoms with Crippen molar-refractivity contribution in [3.05, 3.63) is 66.0 Å². The first-order valence-electron chi connectivity index (χ1n) is 9.94. The maximum Gasteiger partial charge on any atom is 0.423 e. The van der Waals surface area contributed by atoms with Gasteiger partial charge in [0.15, 0.2) is 9.84 Å². The highest BCUT2D eigenvalue weighted by molar-refractivity contribution is 7.93. The number of aromatic nitrogens is 3. The van der Waals surface area contributed by atoms with Crippen molar-refractivity contribution in [3.8, 4) is 11.1 Å². The van der Waals surface area contributed by atoms with Crippen LogP contribution < -0.4 is 0 Å². The molecule has 1 atom stereocenters. The molecule has 2 aromatic carbocycles. The van der Waals surface area contributed by atoms with E-state index in [1.807, 2.05) is 30.3 Å². The Labute approximate surface area is 192 Å². The lowest BCUT2D eigenvalue weighted by Crippen LogP contribution is -2.42. The van der Waals surface area contributed by atoms with Gasteiger partial charge in [-0.3, -0.25) is 0 Å². The van der Waals surface area contributed by atoms with Gasteiger partial charge in [-0.15, -0.1) is 16.4 Å². The van der Waals surface area contributed by atoms with Crippen molar-refractivity contribution in [1.82, 2.24) is 15.0 Å². The summed E-state index contributed by atoms with van der Waals surface area (Å²) in [6, 6.07) is 14.6. The molecular weight excluding hydrogens is 475 g/mol. The monoisotopic (exact) mass is 495 g/mol. The van der Waals surface area contributed by atoms with E-state index in [-0.39, 0.29) is 10.8 Å². The van der Waals surface area contributed by atoms with Gasteiger partial charge < -0.3 is 5.11 Å². The van der Waals surface area contributed by atoms with Crippen molar-refractivity contribution in [2.45, 2.75) is 35.9 Å². The van der Waals surface area contributed by atoms with Crippen LogP contribution in [0, 0.1) is 0 Å². The van der Waals surface area contributed by atoms with Crippen LogP contribution in [0.4, 0.5) is 13.2 Å². The fourth-order valence-electron chi connectivity index (χ4n) is 3.64. The number of sulfone groups is 1. The van der Waals surface area contributed by atoms with Crippen molar-refractivity contribution >= 4 is 31.3 Å². The van der Waals surface area contributed by atoms with Crippen LogP contribution in [0.25, 0.3) is 21.2 Å². The highest BCUT2D eigenvalue weighted by Gasteiger charge is 2.55. The highest BCUT2D eigenvalue weighted by Crippen LogP contribution is 2.42. The maximum absolute atomic E-state index is 13.3. The summed E-state index contributed by atoms with van der Waals surface area (Å²) in [7, 11) is -3.49. The molecule has 174 valence electrons. The minimum atomic E-state index is -4.88. The van der Waals surface area contributed by atoms with Gasteiger partial charge >= 0.3 is 6.18 Å². The van der Waals surface area contributed by atoms with Gasteiger partial charge in [0.2, 0.25) is 5.60 Å². The summed E-state index contributed by atoms with van der Waals surface area (Å²) < 4.78 is 67.0. The molecule has 0 saturated carbocycles. The normalized spacial score (nSPS) is 14.5. The largest absolute Gasteiger partial charge is 0.423 e. The topological polar surface area (TPSA) is 85.1 Å². The number of thiophene rings is 1. The van der Waals surface area contributed by atoms with Crippen LogP contribution in [0.3, 0.4) is 0 Å². The summed E-state index contributed by atoms with van der Waals surface area (Å²) >= 11 is 1.14. The quantitative estimate of drug-likeness (QED) is 0.417. The zero-order chi connectivity index (χ0) is 24.0. The van der Waals surface area contributed by atoms with Crippen molar-refractivity contribution in [2.75, 3.05) is 6.26 Å². The molecule has 4 aromatic rings. The molecule has 11 heteroatoms. The third-order valence-electron chi connectivity index (χ3n) is 5.41. The second kappa shape index (κ2) is 8.23. The van der Waals surface area contributed by atoms with E-state index in [2.05, 4.69) is 10.3 Å². The predicted molar refractivity (Wildman–Crippen MR) is 120 cm³/mol. The van der Waals surface area contributed by atoms with Crippen LogP contribution in [0.5, 0.6) is 0 Å². The standard InChI is InChI=1S/C22H20F3N3O3S2/c1-3-21(29,22(23,24)25)18-13-28(27-26-18)12-14-9-10-16-17(11-14)32-20(33(2,30)31)19(16)15-7-5-4-6-8-15/h4-11,13,29H,3,12H2,1-2H3. The fourth-order valence-corrected chi connectivity index (χ4v) is 6.13. The van der Waals surface area contributed by atoms with Crippen molar-refractivity contribution in [1.29, 1.82) is 0 Å². The number of hydrogen-bond donors (Lipinski definition) is 1. The lowest BCUT2D eigenvalue weighted by atomic mass is 9.96. The van der Waals surface area contributed by atoms with E-state index in [0.29, 0.717) is 11.1 Å². The summed E-state index contributed by atoms with van der Waals surface area (Å²) in [5, 5.41) is 18.1. The molecule has 6 nitrogen and oxygen atoms in total. The minimum absolute atomic E-state index is 0.105. The van der Waals surface area contributed by atoms with E-state index >= 15 is 0 Å². The third-order valence-corrected chi connectivity index (χ3v) is 8.39. The number of hydrogen-bond acceptors (Lipinski definition) is 6. The second-order valence-corrected chi connectivity index (χ2v) is 11.0. The number of fused-ring (bicyclic) bond motifs is 1. The predicted octanol–water partition coefficient (Wildman–Crippen LogP) is 4.77. The SMILES string of the molecule is CCC(O)(c1cn(Cc2ccc3c(-c4ccccc4)c(S(C)(=O)=O)sc3c2)nn1)C(F)(F)F. The average Bonchev–Trinajstić information content (AvgIpc) is 3.37. The molecule has 2 heterocycles. The Morgan fingerprint density at radius 2 is 1.82 bits per heavy atom. The summed E-state index contributed by atoms with van der Waals surface area (Å²) in [6.07, 6.45) is -3.23. The molecule has 0 radical (unpaired) electrons. The molecule has 0 saturated heterocycles. The lowest BCUT2D eigenvalue weighted by Gasteiger charge is -2.26. The van der Waals surface area contributed by atoms with Crippen LogP contribution in [-0.4, -0.2) is 41.0 Å². The molecular formula is C22H20F3N3O3S2. The molecule has 0 aliphatic carbocycles. The molecule has 0 spiro atoms. The Bertz CT molecular complexity index is 1410. The van der Waals surface area contributed by atoms with E-state index in [4.69, 9.17) is 0 Å². The molecule has 0 fully saturated rings. The second-order valence-electron chi connectivity index (χ2n) is 7.75. The first kappa shape index (κ1) is 23.4. The molecule has 0 aliphatic rings. The van der Waals surface area contributed by atoms with Crippen LogP contribution >= 0.6 is 11.3 Å². The number of nitrogens with zero attached hydrogens (tertiary/aromatic N) is 3. The Kier molecular flexibility index (Phi) is 5.83. The van der Waals surface area contributed by atoms with Gasteiger partial charge in [0.25, 0.3) is 0 Å². The van der Waals surface area contributed by atoms with Gasteiger partial charge in [-0.05, 0) is 23.6 Å². The molecule has 33 heavy (non-hydrogen) atoms. The number of halogens is 3. The van der Waals surface area contributed by atoms with Crippen molar-refractivity contribution in [3.63, 3.8) is 0 Å². The van der Waals surface area contributed by atoms with E-state index in [9.17, 15) is 26.7 Å². The van der Waals surface area contributed by atoms with Crippen LogP contribution in [0.1, 0.15) is 24.6 Å². The molecule has 4 rings (SSSR count). The molecule has 0 aliphatic heterocycles. The lowest BCUT2D eigenvalue weighted by molar-refractivity contribution is -0.269.